The second kappa shape index (κ2) is 7.35. The van der Waals surface area contributed by atoms with E-state index in [9.17, 15) is 14.0 Å². The predicted octanol–water partition coefficient (Wildman–Crippen LogP) is 1.15. The molecule has 0 atom stereocenters. The molecule has 0 fully saturated rings. The van der Waals surface area contributed by atoms with E-state index in [0.717, 1.165) is 5.56 Å². The van der Waals surface area contributed by atoms with Gasteiger partial charge >= 0.3 is 0 Å². The molecule has 7 heteroatoms. The molecule has 1 aromatic heterocycles. The van der Waals surface area contributed by atoms with Crippen molar-refractivity contribution in [3.05, 3.63) is 59.0 Å². The van der Waals surface area contributed by atoms with E-state index in [-0.39, 0.29) is 29.9 Å². The topological polar surface area (TPSA) is 111 Å². The lowest BCUT2D eigenvalue weighted by Gasteiger charge is -2.07. The molecule has 2 amide bonds. The number of carbonyl (C=O) groups excluding carboxylic acids is 2. The smallest absolute Gasteiger partial charge is 0.251 e. The first-order chi connectivity index (χ1) is 11.0. The summed E-state index contributed by atoms with van der Waals surface area (Å²) in [5.41, 5.74) is 11.5. The summed E-state index contributed by atoms with van der Waals surface area (Å²) < 4.78 is 14.0. The number of nitrogens with one attached hydrogen (secondary N) is 1. The predicted molar refractivity (Wildman–Crippen MR) is 83.7 cm³/mol. The minimum atomic E-state index is -0.829. The van der Waals surface area contributed by atoms with Crippen LogP contribution in [0.15, 0.2) is 36.5 Å². The molecule has 1 heterocycles. The number of hydrogen-bond donors (Lipinski definition) is 3. The highest BCUT2D eigenvalue weighted by molar-refractivity contribution is 5.93. The first kappa shape index (κ1) is 16.4. The summed E-state index contributed by atoms with van der Waals surface area (Å²) in [5.74, 6) is -1.32. The molecule has 0 unspecified atom stereocenters. The first-order valence-corrected chi connectivity index (χ1v) is 7.01. The molecular weight excluding hydrogens is 299 g/mol. The van der Waals surface area contributed by atoms with E-state index in [1.807, 2.05) is 0 Å². The molecule has 120 valence electrons. The number of pyridine rings is 1. The second-order valence-corrected chi connectivity index (χ2v) is 5.01. The van der Waals surface area contributed by atoms with Crippen molar-refractivity contribution in [3.8, 4) is 0 Å². The maximum Gasteiger partial charge on any atom is 0.251 e. The Balaban J connectivity index is 1.88. The third-order valence-corrected chi connectivity index (χ3v) is 3.30. The summed E-state index contributed by atoms with van der Waals surface area (Å²) in [6, 6.07) is 7.79. The van der Waals surface area contributed by atoms with Crippen molar-refractivity contribution in [3.63, 3.8) is 0 Å². The van der Waals surface area contributed by atoms with E-state index in [0.29, 0.717) is 12.4 Å². The van der Waals surface area contributed by atoms with Gasteiger partial charge in [0.2, 0.25) is 5.91 Å². The van der Waals surface area contributed by atoms with Crippen molar-refractivity contribution in [1.82, 2.24) is 10.3 Å². The van der Waals surface area contributed by atoms with E-state index in [2.05, 4.69) is 10.3 Å². The zero-order chi connectivity index (χ0) is 16.8. The van der Waals surface area contributed by atoms with Gasteiger partial charge in [0.15, 0.2) is 0 Å². The number of nitrogen functional groups attached to an aromatic ring is 1. The zero-order valence-electron chi connectivity index (χ0n) is 12.4. The summed E-state index contributed by atoms with van der Waals surface area (Å²) in [5, 5.41) is 2.71. The number of hydrogen-bond acceptors (Lipinski definition) is 4. The number of benzene rings is 1. The molecular formula is C16H17FN4O2. The van der Waals surface area contributed by atoms with Crippen molar-refractivity contribution >= 4 is 17.6 Å². The van der Waals surface area contributed by atoms with Crippen molar-refractivity contribution in [2.24, 2.45) is 5.73 Å². The van der Waals surface area contributed by atoms with Gasteiger partial charge in [0.25, 0.3) is 5.91 Å². The number of rotatable bonds is 6. The Kier molecular flexibility index (Phi) is 5.24. The average molecular weight is 316 g/mol. The maximum atomic E-state index is 14.0. The summed E-state index contributed by atoms with van der Waals surface area (Å²) in [7, 11) is 0. The second-order valence-electron chi connectivity index (χ2n) is 5.01. The normalized spacial score (nSPS) is 10.3. The number of aromatic nitrogens is 1. The molecule has 6 nitrogen and oxygen atoms in total. The van der Waals surface area contributed by atoms with E-state index in [1.54, 1.807) is 18.3 Å². The number of anilines is 1. The Morgan fingerprint density at radius 1 is 1.22 bits per heavy atom. The average Bonchev–Trinajstić information content (AvgIpc) is 2.53. The fourth-order valence-corrected chi connectivity index (χ4v) is 2.04. The fraction of sp³-hybridized carbons (Fsp3) is 0.188. The third-order valence-electron chi connectivity index (χ3n) is 3.30. The van der Waals surface area contributed by atoms with Crippen LogP contribution in [0.3, 0.4) is 0 Å². The number of halogens is 1. The number of nitrogens with zero attached hydrogens (tertiary/aromatic N) is 1. The van der Waals surface area contributed by atoms with Crippen LogP contribution in [0.5, 0.6) is 0 Å². The van der Waals surface area contributed by atoms with Crippen LogP contribution >= 0.6 is 0 Å². The van der Waals surface area contributed by atoms with Crippen molar-refractivity contribution < 1.29 is 14.0 Å². The van der Waals surface area contributed by atoms with Crippen LogP contribution in [-0.4, -0.2) is 16.8 Å². The highest BCUT2D eigenvalue weighted by atomic mass is 19.1. The van der Waals surface area contributed by atoms with Gasteiger partial charge in [0.1, 0.15) is 11.6 Å². The van der Waals surface area contributed by atoms with Crippen molar-refractivity contribution in [2.75, 3.05) is 5.73 Å². The van der Waals surface area contributed by atoms with Crippen LogP contribution in [0, 0.1) is 5.82 Å². The lowest BCUT2D eigenvalue weighted by atomic mass is 10.0. The SMILES string of the molecule is NC(=O)c1cccc(CCC(=O)NCc2ccc(N)nc2)c1F. The Bertz CT molecular complexity index is 717. The summed E-state index contributed by atoms with van der Waals surface area (Å²) in [6.07, 6.45) is 1.85. The van der Waals surface area contributed by atoms with Gasteiger partial charge in [-0.3, -0.25) is 9.59 Å². The summed E-state index contributed by atoms with van der Waals surface area (Å²) in [6.45, 7) is 0.315. The maximum absolute atomic E-state index is 14.0. The Labute approximate surface area is 132 Å². The van der Waals surface area contributed by atoms with Crippen LogP contribution in [-0.2, 0) is 17.8 Å². The number of primary amides is 1. The van der Waals surface area contributed by atoms with Crippen molar-refractivity contribution in [2.45, 2.75) is 19.4 Å². The molecule has 0 spiro atoms. The van der Waals surface area contributed by atoms with Gasteiger partial charge in [-0.05, 0) is 29.7 Å². The Morgan fingerprint density at radius 2 is 2.00 bits per heavy atom. The highest BCUT2D eigenvalue weighted by Gasteiger charge is 2.13. The van der Waals surface area contributed by atoms with Gasteiger partial charge in [-0.1, -0.05) is 18.2 Å². The van der Waals surface area contributed by atoms with E-state index in [1.165, 1.54) is 18.2 Å². The van der Waals surface area contributed by atoms with Gasteiger partial charge < -0.3 is 16.8 Å². The number of carbonyl (C=O) groups is 2. The molecule has 23 heavy (non-hydrogen) atoms. The lowest BCUT2D eigenvalue weighted by Crippen LogP contribution is -2.23. The van der Waals surface area contributed by atoms with Crippen LogP contribution in [0.2, 0.25) is 0 Å². The van der Waals surface area contributed by atoms with Crippen LogP contribution in [0.1, 0.15) is 27.9 Å². The molecule has 2 rings (SSSR count). The lowest BCUT2D eigenvalue weighted by molar-refractivity contribution is -0.121. The van der Waals surface area contributed by atoms with E-state index in [4.69, 9.17) is 11.5 Å². The molecule has 0 radical (unpaired) electrons. The molecule has 0 aliphatic carbocycles. The third kappa shape index (κ3) is 4.50. The molecule has 5 N–H and O–H groups in total. The molecule has 0 aliphatic heterocycles. The molecule has 2 aromatic rings. The summed E-state index contributed by atoms with van der Waals surface area (Å²) >= 11 is 0. The zero-order valence-corrected chi connectivity index (χ0v) is 12.4. The molecule has 0 saturated carbocycles. The molecule has 0 saturated heterocycles. The minimum absolute atomic E-state index is 0.0987. The fourth-order valence-electron chi connectivity index (χ4n) is 2.04. The Morgan fingerprint density at radius 3 is 2.65 bits per heavy atom. The Hall–Kier alpha value is -2.96. The monoisotopic (exact) mass is 316 g/mol. The van der Waals surface area contributed by atoms with Gasteiger partial charge in [0.05, 0.1) is 5.56 Å². The van der Waals surface area contributed by atoms with E-state index < -0.39 is 11.7 Å². The van der Waals surface area contributed by atoms with Gasteiger partial charge in [-0.2, -0.15) is 0 Å². The highest BCUT2D eigenvalue weighted by Crippen LogP contribution is 2.14. The summed E-state index contributed by atoms with van der Waals surface area (Å²) in [4.78, 5) is 26.8. The number of nitrogens with two attached hydrogens (primary N) is 2. The molecule has 0 bridgehead atoms. The van der Waals surface area contributed by atoms with Crippen LogP contribution in [0.25, 0.3) is 0 Å². The van der Waals surface area contributed by atoms with Crippen LogP contribution < -0.4 is 16.8 Å². The molecule has 1 aromatic carbocycles. The molecule has 0 aliphatic rings. The standard InChI is InChI=1S/C16H17FN4O2/c17-15-11(2-1-3-12(15)16(19)23)5-7-14(22)21-9-10-4-6-13(18)20-8-10/h1-4,6,8H,5,7,9H2,(H2,18,20)(H2,19,23)(H,21,22). The number of aryl methyl sites for hydroxylation is 1. The van der Waals surface area contributed by atoms with E-state index >= 15 is 0 Å². The number of amides is 2. The largest absolute Gasteiger partial charge is 0.384 e. The van der Waals surface area contributed by atoms with Crippen LogP contribution in [0.4, 0.5) is 10.2 Å². The quantitative estimate of drug-likeness (QED) is 0.742. The van der Waals surface area contributed by atoms with Gasteiger partial charge in [-0.15, -0.1) is 0 Å². The first-order valence-electron chi connectivity index (χ1n) is 7.01. The van der Waals surface area contributed by atoms with Crippen molar-refractivity contribution in [1.29, 1.82) is 0 Å². The minimum Gasteiger partial charge on any atom is -0.384 e. The van der Waals surface area contributed by atoms with Gasteiger partial charge in [0, 0.05) is 19.2 Å². The van der Waals surface area contributed by atoms with Gasteiger partial charge in [-0.25, -0.2) is 9.37 Å².